The van der Waals surface area contributed by atoms with Gasteiger partial charge in [-0.25, -0.2) is 14.3 Å². The van der Waals surface area contributed by atoms with Gasteiger partial charge in [0.15, 0.2) is 0 Å². The van der Waals surface area contributed by atoms with E-state index in [4.69, 9.17) is 11.6 Å². The molecule has 0 radical (unpaired) electrons. The van der Waals surface area contributed by atoms with Gasteiger partial charge in [-0.15, -0.1) is 0 Å². The predicted octanol–water partition coefficient (Wildman–Crippen LogP) is 3.39. The van der Waals surface area contributed by atoms with Crippen LogP contribution >= 0.6 is 11.6 Å². The number of nitrogens with one attached hydrogen (secondary N) is 1. The molecule has 0 aliphatic heterocycles. The first-order valence-electron chi connectivity index (χ1n) is 9.25. The molecule has 0 aliphatic rings. The summed E-state index contributed by atoms with van der Waals surface area (Å²) in [5.41, 5.74) is 5.13. The third-order valence-electron chi connectivity index (χ3n) is 4.58. The quantitative estimate of drug-likeness (QED) is 0.503. The lowest BCUT2D eigenvalue weighted by Gasteiger charge is -2.06. The predicted molar refractivity (Wildman–Crippen MR) is 117 cm³/mol. The molecular weight excluding hydrogens is 402 g/mol. The van der Waals surface area contributed by atoms with Gasteiger partial charge in [0.2, 0.25) is 0 Å². The molecule has 8 heteroatoms. The topological polar surface area (TPSA) is 81.8 Å². The Morgan fingerprint density at radius 2 is 1.87 bits per heavy atom. The van der Waals surface area contributed by atoms with Crippen LogP contribution in [0.1, 0.15) is 16.8 Å². The van der Waals surface area contributed by atoms with Gasteiger partial charge < -0.3 is 0 Å². The van der Waals surface area contributed by atoms with E-state index < -0.39 is 5.91 Å². The molecule has 7 nitrogen and oxygen atoms in total. The van der Waals surface area contributed by atoms with Crippen LogP contribution < -0.4 is 11.0 Å². The van der Waals surface area contributed by atoms with Crippen LogP contribution in [0.25, 0.3) is 17.0 Å². The van der Waals surface area contributed by atoms with E-state index in [-0.39, 0.29) is 5.56 Å². The van der Waals surface area contributed by atoms with Crippen LogP contribution in [0, 0.1) is 6.92 Å². The van der Waals surface area contributed by atoms with Crippen LogP contribution in [0.2, 0.25) is 5.15 Å². The van der Waals surface area contributed by atoms with E-state index in [1.54, 1.807) is 35.0 Å². The second-order valence-corrected chi connectivity index (χ2v) is 7.04. The molecule has 1 N–H and O–H groups in total. The van der Waals surface area contributed by atoms with E-state index >= 15 is 0 Å². The van der Waals surface area contributed by atoms with Crippen molar-refractivity contribution >= 4 is 34.5 Å². The number of hydrogen-bond donors (Lipinski definition) is 1. The van der Waals surface area contributed by atoms with Crippen LogP contribution in [0.5, 0.6) is 0 Å². The molecule has 0 atom stereocenters. The van der Waals surface area contributed by atoms with Crippen LogP contribution in [0.15, 0.2) is 71.8 Å². The number of carbonyl (C=O) groups is 1. The van der Waals surface area contributed by atoms with Gasteiger partial charge in [-0.2, -0.15) is 5.10 Å². The monoisotopic (exact) mass is 419 g/mol. The summed E-state index contributed by atoms with van der Waals surface area (Å²) in [6.07, 6.45) is 4.18. The number of amides is 1. The van der Waals surface area contributed by atoms with Gasteiger partial charge in [0.1, 0.15) is 11.5 Å². The number of nitrogens with zero attached hydrogens (tertiary/aromatic N) is 4. The molecular formula is C22H18ClN5O2. The van der Waals surface area contributed by atoms with Gasteiger partial charge in [-0.1, -0.05) is 54.1 Å². The molecule has 1 amide bonds. The lowest BCUT2D eigenvalue weighted by molar-refractivity contribution is -0.112. The van der Waals surface area contributed by atoms with Crippen molar-refractivity contribution in [2.24, 2.45) is 0 Å². The Balaban J connectivity index is 1.52. The number of aromatic nitrogens is 4. The fourth-order valence-corrected chi connectivity index (χ4v) is 3.38. The van der Waals surface area contributed by atoms with Crippen LogP contribution in [0.3, 0.4) is 0 Å². The Morgan fingerprint density at radius 3 is 2.67 bits per heavy atom. The normalized spacial score (nSPS) is 11.3. The van der Waals surface area contributed by atoms with Crippen molar-refractivity contribution in [2.75, 3.05) is 5.43 Å². The minimum Gasteiger partial charge on any atom is -0.268 e. The summed E-state index contributed by atoms with van der Waals surface area (Å²) < 4.78 is 2.74. The first-order valence-corrected chi connectivity index (χ1v) is 9.63. The van der Waals surface area contributed by atoms with Crippen molar-refractivity contribution < 1.29 is 4.79 Å². The molecule has 0 unspecified atom stereocenters. The van der Waals surface area contributed by atoms with Crippen molar-refractivity contribution in [1.82, 2.24) is 19.4 Å². The van der Waals surface area contributed by atoms with Crippen LogP contribution in [-0.4, -0.2) is 25.3 Å². The number of fused-ring (bicyclic) bond motifs is 1. The van der Waals surface area contributed by atoms with Gasteiger partial charge in [0.25, 0.3) is 11.5 Å². The highest BCUT2D eigenvalue weighted by molar-refractivity contribution is 6.31. The Kier molecular flexibility index (Phi) is 5.45. The average Bonchev–Trinajstić information content (AvgIpc) is 3.02. The minimum atomic E-state index is -0.486. The van der Waals surface area contributed by atoms with E-state index in [0.717, 1.165) is 10.2 Å². The number of para-hydroxylation sites is 1. The maximum Gasteiger partial charge on any atom is 0.280 e. The fraction of sp³-hybridized carbons (Fsp3) is 0.0909. The van der Waals surface area contributed by atoms with Crippen molar-refractivity contribution in [3.8, 4) is 0 Å². The third-order valence-corrected chi connectivity index (χ3v) is 4.98. The van der Waals surface area contributed by atoms with E-state index in [2.05, 4.69) is 15.5 Å². The van der Waals surface area contributed by atoms with Crippen molar-refractivity contribution in [3.05, 3.63) is 99.3 Å². The molecule has 0 aliphatic carbocycles. The zero-order valence-corrected chi connectivity index (χ0v) is 16.9. The molecule has 4 rings (SSSR count). The van der Waals surface area contributed by atoms with Crippen molar-refractivity contribution in [1.29, 1.82) is 0 Å². The number of halogens is 1. The summed E-state index contributed by atoms with van der Waals surface area (Å²) in [7, 11) is 0. The number of aryl methyl sites for hydroxylation is 1. The maximum atomic E-state index is 12.5. The Morgan fingerprint density at radius 1 is 1.13 bits per heavy atom. The van der Waals surface area contributed by atoms with Crippen LogP contribution in [-0.2, 0) is 11.3 Å². The lowest BCUT2D eigenvalue weighted by Crippen LogP contribution is -2.32. The Labute approximate surface area is 177 Å². The summed E-state index contributed by atoms with van der Waals surface area (Å²) >= 11 is 6.47. The summed E-state index contributed by atoms with van der Waals surface area (Å²) in [6, 6.07) is 16.8. The number of carbonyl (C=O) groups excluding carboxylic acids is 1. The van der Waals surface area contributed by atoms with Crippen molar-refractivity contribution in [3.63, 3.8) is 0 Å². The first kappa shape index (κ1) is 19.6. The number of hydrogen-bond acceptors (Lipinski definition) is 4. The van der Waals surface area contributed by atoms with Gasteiger partial charge in [-0.05, 0) is 30.7 Å². The molecule has 0 spiro atoms. The molecule has 150 valence electrons. The van der Waals surface area contributed by atoms with Gasteiger partial charge >= 0.3 is 0 Å². The highest BCUT2D eigenvalue weighted by Gasteiger charge is 2.12. The molecule has 2 heterocycles. The minimum absolute atomic E-state index is 0.354. The van der Waals surface area contributed by atoms with Crippen molar-refractivity contribution in [2.45, 2.75) is 13.5 Å². The summed E-state index contributed by atoms with van der Waals surface area (Å²) in [4.78, 5) is 29.0. The summed E-state index contributed by atoms with van der Waals surface area (Å²) in [5.74, 6) is -0.486. The molecule has 0 saturated heterocycles. The lowest BCUT2D eigenvalue weighted by atomic mass is 10.2. The van der Waals surface area contributed by atoms with E-state index in [0.29, 0.717) is 33.9 Å². The Hall–Kier alpha value is -3.71. The third kappa shape index (κ3) is 4.01. The number of rotatable bonds is 5. The summed E-state index contributed by atoms with van der Waals surface area (Å²) in [5, 5.41) is 5.31. The zero-order chi connectivity index (χ0) is 21.1. The average molecular weight is 420 g/mol. The molecule has 30 heavy (non-hydrogen) atoms. The highest BCUT2D eigenvalue weighted by Crippen LogP contribution is 2.22. The zero-order valence-electron chi connectivity index (χ0n) is 16.1. The summed E-state index contributed by atoms with van der Waals surface area (Å²) in [6.45, 7) is 2.35. The molecule has 0 fully saturated rings. The first-order chi connectivity index (χ1) is 14.5. The maximum absolute atomic E-state index is 12.5. The second kappa shape index (κ2) is 8.34. The highest BCUT2D eigenvalue weighted by atomic mass is 35.5. The molecule has 2 aromatic carbocycles. The molecule has 0 bridgehead atoms. The fourth-order valence-electron chi connectivity index (χ4n) is 3.08. The van der Waals surface area contributed by atoms with Crippen LogP contribution in [0.4, 0.5) is 0 Å². The SMILES string of the molecule is Cc1nn(Cc2ccccc2)c(Cl)c1/C=C/C(=O)Nn1cnc2ccccc2c1=O. The van der Waals surface area contributed by atoms with E-state index in [1.807, 2.05) is 37.3 Å². The van der Waals surface area contributed by atoms with E-state index in [9.17, 15) is 9.59 Å². The van der Waals surface area contributed by atoms with Gasteiger partial charge in [0, 0.05) is 11.6 Å². The standard InChI is InChI=1S/C22H18ClN5O2/c1-15-17(21(23)27(25-15)13-16-7-3-2-4-8-16)11-12-20(29)26-28-14-24-19-10-6-5-9-18(19)22(28)30/h2-12,14H,13H2,1H3,(H,26,29)/b12-11+. The molecule has 4 aromatic rings. The smallest absolute Gasteiger partial charge is 0.268 e. The molecule has 0 saturated carbocycles. The number of benzene rings is 2. The Bertz CT molecular complexity index is 1310. The van der Waals surface area contributed by atoms with Gasteiger partial charge in [-0.3, -0.25) is 15.0 Å². The van der Waals surface area contributed by atoms with Gasteiger partial charge in [0.05, 0.1) is 23.1 Å². The largest absolute Gasteiger partial charge is 0.280 e. The molecule has 2 aromatic heterocycles. The second-order valence-electron chi connectivity index (χ2n) is 6.68. The van der Waals surface area contributed by atoms with E-state index in [1.165, 1.54) is 12.4 Å².